The first kappa shape index (κ1) is 24.9. The van der Waals surface area contributed by atoms with E-state index < -0.39 is 10.8 Å². The van der Waals surface area contributed by atoms with E-state index in [0.29, 0.717) is 27.9 Å². The Morgan fingerprint density at radius 3 is 2.35 bits per heavy atom. The Kier molecular flexibility index (Phi) is 8.34. The van der Waals surface area contributed by atoms with Crippen molar-refractivity contribution in [3.05, 3.63) is 81.4 Å². The molecule has 0 bridgehead atoms. The number of hydrogen-bond donors (Lipinski definition) is 2. The van der Waals surface area contributed by atoms with Gasteiger partial charge in [0.05, 0.1) is 35.6 Å². The summed E-state index contributed by atoms with van der Waals surface area (Å²) < 4.78 is 10.4. The maximum absolute atomic E-state index is 12.5. The first-order valence-corrected chi connectivity index (χ1v) is 11.2. The van der Waals surface area contributed by atoms with Crippen LogP contribution in [0.1, 0.15) is 10.4 Å². The Balaban J connectivity index is 1.60. The third-order valence-electron chi connectivity index (χ3n) is 4.55. The van der Waals surface area contributed by atoms with E-state index in [9.17, 15) is 19.7 Å². The van der Waals surface area contributed by atoms with Crippen LogP contribution in [-0.2, 0) is 4.79 Å². The van der Waals surface area contributed by atoms with Gasteiger partial charge in [0.2, 0.25) is 5.91 Å². The summed E-state index contributed by atoms with van der Waals surface area (Å²) >= 11 is 7.42. The molecule has 0 aliphatic carbocycles. The number of halogens is 1. The minimum Gasteiger partial charge on any atom is -0.495 e. The normalized spacial score (nSPS) is 10.3. The fraction of sp³-hybridized carbons (Fsp3) is 0.130. The third kappa shape index (κ3) is 6.40. The van der Waals surface area contributed by atoms with Crippen molar-refractivity contribution < 1.29 is 24.0 Å². The molecule has 11 heteroatoms. The third-order valence-corrected chi connectivity index (χ3v) is 5.84. The molecular weight excluding hydrogens is 482 g/mol. The molecule has 9 nitrogen and oxygen atoms in total. The maximum Gasteiger partial charge on any atom is 0.269 e. The van der Waals surface area contributed by atoms with Crippen molar-refractivity contribution in [2.75, 3.05) is 30.6 Å². The summed E-state index contributed by atoms with van der Waals surface area (Å²) in [7, 11) is 2.96. The fourth-order valence-corrected chi connectivity index (χ4v) is 3.89. The lowest BCUT2D eigenvalue weighted by atomic mass is 10.2. The van der Waals surface area contributed by atoms with Gasteiger partial charge < -0.3 is 20.1 Å². The molecule has 3 aromatic carbocycles. The van der Waals surface area contributed by atoms with Gasteiger partial charge >= 0.3 is 0 Å². The van der Waals surface area contributed by atoms with Gasteiger partial charge in [-0.2, -0.15) is 0 Å². The second kappa shape index (κ2) is 11.4. The van der Waals surface area contributed by atoms with Gasteiger partial charge in [-0.1, -0.05) is 17.7 Å². The van der Waals surface area contributed by atoms with Crippen molar-refractivity contribution in [3.8, 4) is 11.5 Å². The number of ether oxygens (including phenoxy) is 2. The van der Waals surface area contributed by atoms with Crippen molar-refractivity contribution in [3.63, 3.8) is 0 Å². The molecule has 0 unspecified atom stereocenters. The van der Waals surface area contributed by atoms with Crippen LogP contribution in [0.15, 0.2) is 65.6 Å². The number of benzene rings is 3. The fourth-order valence-electron chi connectivity index (χ4n) is 2.89. The lowest BCUT2D eigenvalue weighted by molar-refractivity contribution is -0.384. The van der Waals surface area contributed by atoms with E-state index in [-0.39, 0.29) is 22.9 Å². The predicted molar refractivity (Wildman–Crippen MR) is 131 cm³/mol. The molecule has 2 amide bonds. The molecule has 0 aliphatic rings. The molecule has 0 spiro atoms. The zero-order valence-corrected chi connectivity index (χ0v) is 19.7. The van der Waals surface area contributed by atoms with Crippen molar-refractivity contribution in [2.45, 2.75) is 4.90 Å². The lowest BCUT2D eigenvalue weighted by Crippen LogP contribution is -2.15. The first-order valence-electron chi connectivity index (χ1n) is 9.80. The van der Waals surface area contributed by atoms with Crippen LogP contribution in [0.2, 0.25) is 5.02 Å². The first-order chi connectivity index (χ1) is 16.3. The number of hydrogen-bond acceptors (Lipinski definition) is 7. The second-order valence-corrected chi connectivity index (χ2v) is 8.27. The number of thioether (sulfide) groups is 1. The monoisotopic (exact) mass is 501 g/mol. The van der Waals surface area contributed by atoms with Crippen molar-refractivity contribution in [2.24, 2.45) is 0 Å². The molecule has 0 heterocycles. The molecule has 176 valence electrons. The van der Waals surface area contributed by atoms with Crippen molar-refractivity contribution in [1.29, 1.82) is 0 Å². The standard InChI is InChI=1S/C23H20ClN3O6S/c1-32-20-12-21(33-2)19(11-18(20)24)26-22(28)13-34-17-5-3-4-15(10-17)25-23(29)14-6-8-16(9-7-14)27(30)31/h3-12H,13H2,1-2H3,(H,25,29)(H,26,28). The van der Waals surface area contributed by atoms with Crippen LogP contribution in [-0.4, -0.2) is 36.7 Å². The van der Waals surface area contributed by atoms with Gasteiger partial charge in [0.15, 0.2) is 0 Å². The Labute approximate surface area is 204 Å². The molecule has 0 saturated heterocycles. The molecule has 0 aliphatic heterocycles. The summed E-state index contributed by atoms with van der Waals surface area (Å²) in [5.41, 5.74) is 1.14. The van der Waals surface area contributed by atoms with Gasteiger partial charge in [0.1, 0.15) is 11.5 Å². The summed E-state index contributed by atoms with van der Waals surface area (Å²) in [4.78, 5) is 35.9. The van der Waals surface area contributed by atoms with Crippen LogP contribution >= 0.6 is 23.4 Å². The highest BCUT2D eigenvalue weighted by Gasteiger charge is 2.14. The largest absolute Gasteiger partial charge is 0.495 e. The molecule has 0 aromatic heterocycles. The average Bonchev–Trinajstić information content (AvgIpc) is 2.83. The zero-order valence-electron chi connectivity index (χ0n) is 18.2. The van der Waals surface area contributed by atoms with Crippen LogP contribution in [0.25, 0.3) is 0 Å². The quantitative estimate of drug-likeness (QED) is 0.233. The molecule has 0 saturated carbocycles. The van der Waals surface area contributed by atoms with Crippen LogP contribution in [0, 0.1) is 10.1 Å². The van der Waals surface area contributed by atoms with E-state index in [1.807, 2.05) is 6.07 Å². The Bertz CT molecular complexity index is 1220. The number of methoxy groups -OCH3 is 2. The smallest absolute Gasteiger partial charge is 0.269 e. The SMILES string of the molecule is COc1cc(OC)c(NC(=O)CSc2cccc(NC(=O)c3ccc([N+](=O)[O-])cc3)c2)cc1Cl. The summed E-state index contributed by atoms with van der Waals surface area (Å²) in [6.07, 6.45) is 0. The summed E-state index contributed by atoms with van der Waals surface area (Å²) in [6, 6.07) is 15.4. The number of anilines is 2. The van der Waals surface area contributed by atoms with E-state index in [4.69, 9.17) is 21.1 Å². The van der Waals surface area contributed by atoms with Gasteiger partial charge in [0.25, 0.3) is 11.6 Å². The Hall–Kier alpha value is -3.76. The summed E-state index contributed by atoms with van der Waals surface area (Å²) in [5, 5.41) is 16.6. The summed E-state index contributed by atoms with van der Waals surface area (Å²) in [5.74, 6) is 0.268. The van der Waals surface area contributed by atoms with Gasteiger partial charge in [0, 0.05) is 34.3 Å². The minimum absolute atomic E-state index is 0.0947. The van der Waals surface area contributed by atoms with E-state index in [1.165, 1.54) is 50.2 Å². The predicted octanol–water partition coefficient (Wildman–Crippen LogP) is 5.25. The second-order valence-electron chi connectivity index (χ2n) is 6.81. The Morgan fingerprint density at radius 1 is 1.00 bits per heavy atom. The minimum atomic E-state index is -0.530. The summed E-state index contributed by atoms with van der Waals surface area (Å²) in [6.45, 7) is 0. The number of amides is 2. The molecule has 3 rings (SSSR count). The van der Waals surface area contributed by atoms with Crippen LogP contribution in [0.4, 0.5) is 17.1 Å². The molecule has 34 heavy (non-hydrogen) atoms. The number of nitro groups is 1. The number of non-ortho nitro benzene ring substituents is 1. The molecule has 3 aromatic rings. The van der Waals surface area contributed by atoms with Gasteiger partial charge in [-0.25, -0.2) is 0 Å². The van der Waals surface area contributed by atoms with Crippen molar-refractivity contribution >= 4 is 52.2 Å². The lowest BCUT2D eigenvalue weighted by Gasteiger charge is -2.13. The number of carbonyl (C=O) groups is 2. The molecular formula is C23H20ClN3O6S. The van der Waals surface area contributed by atoms with E-state index in [2.05, 4.69) is 10.6 Å². The number of nitrogens with zero attached hydrogens (tertiary/aromatic N) is 1. The van der Waals surface area contributed by atoms with Crippen LogP contribution in [0.5, 0.6) is 11.5 Å². The molecule has 0 atom stereocenters. The van der Waals surface area contributed by atoms with Crippen molar-refractivity contribution in [1.82, 2.24) is 0 Å². The molecule has 0 fully saturated rings. The van der Waals surface area contributed by atoms with Gasteiger partial charge in [-0.15, -0.1) is 11.8 Å². The topological polar surface area (TPSA) is 120 Å². The van der Waals surface area contributed by atoms with Gasteiger partial charge in [-0.05, 0) is 36.4 Å². The van der Waals surface area contributed by atoms with E-state index in [0.717, 1.165) is 4.90 Å². The zero-order chi connectivity index (χ0) is 24.7. The van der Waals surface area contributed by atoms with E-state index in [1.54, 1.807) is 30.3 Å². The number of nitrogens with one attached hydrogen (secondary N) is 2. The maximum atomic E-state index is 12.5. The van der Waals surface area contributed by atoms with Crippen LogP contribution in [0.3, 0.4) is 0 Å². The highest BCUT2D eigenvalue weighted by molar-refractivity contribution is 8.00. The van der Waals surface area contributed by atoms with E-state index >= 15 is 0 Å². The molecule has 0 radical (unpaired) electrons. The number of rotatable bonds is 9. The average molecular weight is 502 g/mol. The number of nitro benzene ring substituents is 1. The highest BCUT2D eigenvalue weighted by atomic mass is 35.5. The highest BCUT2D eigenvalue weighted by Crippen LogP contribution is 2.36. The van der Waals surface area contributed by atoms with Crippen LogP contribution < -0.4 is 20.1 Å². The Morgan fingerprint density at radius 2 is 1.71 bits per heavy atom. The van der Waals surface area contributed by atoms with Gasteiger partial charge in [-0.3, -0.25) is 19.7 Å². The molecule has 2 N–H and O–H groups in total. The number of carbonyl (C=O) groups excluding carboxylic acids is 2.